The SMILES string of the molecule is CC1(/C(N)=N/O)CCN(S(=O)(=O)c2ccccc2Cl)CC1. The minimum Gasteiger partial charge on any atom is -0.409 e. The van der Waals surface area contributed by atoms with Crippen molar-refractivity contribution in [3.8, 4) is 0 Å². The lowest BCUT2D eigenvalue weighted by atomic mass is 9.80. The average molecular weight is 332 g/mol. The number of benzene rings is 1. The van der Waals surface area contributed by atoms with Crippen LogP contribution < -0.4 is 5.73 Å². The monoisotopic (exact) mass is 331 g/mol. The Bertz CT molecular complexity index is 652. The average Bonchev–Trinajstić information content (AvgIpc) is 2.47. The summed E-state index contributed by atoms with van der Waals surface area (Å²) in [5, 5.41) is 12.1. The largest absolute Gasteiger partial charge is 0.409 e. The molecule has 0 radical (unpaired) electrons. The minimum absolute atomic E-state index is 0.110. The predicted molar refractivity (Wildman–Crippen MR) is 81.0 cm³/mol. The first-order chi connectivity index (χ1) is 9.81. The first-order valence-corrected chi connectivity index (χ1v) is 8.36. The zero-order valence-electron chi connectivity index (χ0n) is 11.7. The molecule has 1 aromatic rings. The van der Waals surface area contributed by atoms with Crippen molar-refractivity contribution in [1.29, 1.82) is 0 Å². The molecular formula is C13H18ClN3O3S. The summed E-state index contributed by atoms with van der Waals surface area (Å²) in [5.41, 5.74) is 5.20. The van der Waals surface area contributed by atoms with E-state index in [1.165, 1.54) is 10.4 Å². The molecule has 1 aromatic carbocycles. The molecule has 0 aromatic heterocycles. The standard InChI is InChI=1S/C13H18ClN3O3S/c1-13(12(15)16-18)6-8-17(9-7-13)21(19,20)11-5-3-2-4-10(11)14/h2-5,18H,6-9H2,1H3,(H2,15,16). The molecule has 0 saturated carbocycles. The molecule has 2 rings (SSSR count). The Morgan fingerprint density at radius 2 is 1.95 bits per heavy atom. The van der Waals surface area contributed by atoms with Gasteiger partial charge in [-0.2, -0.15) is 4.31 Å². The quantitative estimate of drug-likeness (QED) is 0.382. The van der Waals surface area contributed by atoms with Gasteiger partial charge in [-0.1, -0.05) is 35.8 Å². The van der Waals surface area contributed by atoms with E-state index in [2.05, 4.69) is 5.16 Å². The van der Waals surface area contributed by atoms with Crippen molar-refractivity contribution in [2.75, 3.05) is 13.1 Å². The number of nitrogens with two attached hydrogens (primary N) is 1. The van der Waals surface area contributed by atoms with Gasteiger partial charge in [-0.15, -0.1) is 0 Å². The Balaban J connectivity index is 2.21. The molecule has 1 saturated heterocycles. The Hall–Kier alpha value is -1.31. The molecular weight excluding hydrogens is 314 g/mol. The zero-order chi connectivity index (χ0) is 15.7. The summed E-state index contributed by atoms with van der Waals surface area (Å²) in [5.74, 6) is 0.136. The first kappa shape index (κ1) is 16.1. The fraction of sp³-hybridized carbons (Fsp3) is 0.462. The summed E-state index contributed by atoms with van der Waals surface area (Å²) in [6, 6.07) is 6.38. The van der Waals surface area contributed by atoms with E-state index in [4.69, 9.17) is 22.5 Å². The van der Waals surface area contributed by atoms with Crippen LogP contribution in [0.2, 0.25) is 5.02 Å². The van der Waals surface area contributed by atoms with Gasteiger partial charge in [0.15, 0.2) is 0 Å². The molecule has 0 unspecified atom stereocenters. The van der Waals surface area contributed by atoms with E-state index in [9.17, 15) is 8.42 Å². The van der Waals surface area contributed by atoms with E-state index in [1.54, 1.807) is 18.2 Å². The summed E-state index contributed by atoms with van der Waals surface area (Å²) in [4.78, 5) is 0.110. The van der Waals surface area contributed by atoms with Gasteiger partial charge in [0.1, 0.15) is 10.7 Å². The van der Waals surface area contributed by atoms with E-state index in [0.29, 0.717) is 25.9 Å². The number of hydrogen-bond donors (Lipinski definition) is 2. The molecule has 0 atom stereocenters. The molecule has 0 spiro atoms. The van der Waals surface area contributed by atoms with Gasteiger partial charge in [-0.25, -0.2) is 8.42 Å². The highest BCUT2D eigenvalue weighted by Gasteiger charge is 2.38. The summed E-state index contributed by atoms with van der Waals surface area (Å²) >= 11 is 5.98. The van der Waals surface area contributed by atoms with Crippen molar-refractivity contribution in [2.45, 2.75) is 24.7 Å². The zero-order valence-corrected chi connectivity index (χ0v) is 13.2. The second kappa shape index (κ2) is 5.82. The third-order valence-electron chi connectivity index (χ3n) is 4.01. The van der Waals surface area contributed by atoms with Gasteiger partial charge in [0.25, 0.3) is 0 Å². The van der Waals surface area contributed by atoms with E-state index in [1.807, 2.05) is 6.92 Å². The molecule has 6 nitrogen and oxygen atoms in total. The molecule has 1 heterocycles. The van der Waals surface area contributed by atoms with E-state index in [0.717, 1.165) is 0 Å². The van der Waals surface area contributed by atoms with Crippen molar-refractivity contribution in [1.82, 2.24) is 4.31 Å². The van der Waals surface area contributed by atoms with Crippen LogP contribution >= 0.6 is 11.6 Å². The van der Waals surface area contributed by atoms with Crippen LogP contribution in [0.3, 0.4) is 0 Å². The van der Waals surface area contributed by atoms with Crippen molar-refractivity contribution in [3.05, 3.63) is 29.3 Å². The first-order valence-electron chi connectivity index (χ1n) is 6.54. The third kappa shape index (κ3) is 3.00. The predicted octanol–water partition coefficient (Wildman–Crippen LogP) is 1.88. The number of nitrogens with zero attached hydrogens (tertiary/aromatic N) is 2. The molecule has 3 N–H and O–H groups in total. The van der Waals surface area contributed by atoms with Crippen molar-refractivity contribution in [2.24, 2.45) is 16.3 Å². The number of oxime groups is 1. The summed E-state index contributed by atoms with van der Waals surface area (Å²) in [6.45, 7) is 2.47. The molecule has 1 aliphatic rings. The van der Waals surface area contributed by atoms with Crippen LogP contribution in [0, 0.1) is 5.41 Å². The molecule has 0 aliphatic carbocycles. The van der Waals surface area contributed by atoms with Crippen molar-refractivity contribution in [3.63, 3.8) is 0 Å². The number of rotatable bonds is 3. The lowest BCUT2D eigenvalue weighted by Gasteiger charge is -2.37. The maximum atomic E-state index is 12.6. The fourth-order valence-electron chi connectivity index (χ4n) is 2.39. The van der Waals surface area contributed by atoms with Crippen molar-refractivity contribution >= 4 is 27.5 Å². The van der Waals surface area contributed by atoms with Crippen LogP contribution in [0.4, 0.5) is 0 Å². The molecule has 1 fully saturated rings. The lowest BCUT2D eigenvalue weighted by molar-refractivity contribution is 0.230. The highest BCUT2D eigenvalue weighted by molar-refractivity contribution is 7.89. The van der Waals surface area contributed by atoms with Crippen LogP contribution in [-0.2, 0) is 10.0 Å². The highest BCUT2D eigenvalue weighted by atomic mass is 35.5. The van der Waals surface area contributed by atoms with Gasteiger partial charge in [0, 0.05) is 18.5 Å². The molecule has 116 valence electrons. The van der Waals surface area contributed by atoms with E-state index < -0.39 is 15.4 Å². The number of hydrogen-bond acceptors (Lipinski definition) is 4. The fourth-order valence-corrected chi connectivity index (χ4v) is 4.32. The van der Waals surface area contributed by atoms with Crippen LogP contribution in [0.1, 0.15) is 19.8 Å². The topological polar surface area (TPSA) is 96.0 Å². The Kier molecular flexibility index (Phi) is 4.46. The molecule has 21 heavy (non-hydrogen) atoms. The molecule has 1 aliphatic heterocycles. The molecule has 8 heteroatoms. The minimum atomic E-state index is -3.62. The van der Waals surface area contributed by atoms with Crippen LogP contribution in [0.15, 0.2) is 34.3 Å². The summed E-state index contributed by atoms with van der Waals surface area (Å²) in [7, 11) is -3.62. The van der Waals surface area contributed by atoms with Crippen LogP contribution in [0.25, 0.3) is 0 Å². The van der Waals surface area contributed by atoms with Gasteiger partial charge < -0.3 is 10.9 Å². The van der Waals surface area contributed by atoms with E-state index in [-0.39, 0.29) is 15.8 Å². The van der Waals surface area contributed by atoms with Gasteiger partial charge in [-0.05, 0) is 25.0 Å². The Morgan fingerprint density at radius 3 is 2.48 bits per heavy atom. The maximum absolute atomic E-state index is 12.6. The number of sulfonamides is 1. The smallest absolute Gasteiger partial charge is 0.244 e. The van der Waals surface area contributed by atoms with Crippen LogP contribution in [-0.4, -0.2) is 36.9 Å². The number of piperidine rings is 1. The third-order valence-corrected chi connectivity index (χ3v) is 6.40. The normalized spacial score (nSPS) is 20.4. The van der Waals surface area contributed by atoms with Gasteiger partial charge in [-0.3, -0.25) is 0 Å². The maximum Gasteiger partial charge on any atom is 0.244 e. The highest BCUT2D eigenvalue weighted by Crippen LogP contribution is 2.34. The second-order valence-corrected chi connectivity index (χ2v) is 7.69. The summed E-state index contributed by atoms with van der Waals surface area (Å²) in [6.07, 6.45) is 0.985. The van der Waals surface area contributed by atoms with Gasteiger partial charge >= 0.3 is 0 Å². The van der Waals surface area contributed by atoms with Gasteiger partial charge in [0.05, 0.1) is 5.02 Å². The summed E-state index contributed by atoms with van der Waals surface area (Å²) < 4.78 is 26.6. The number of amidine groups is 1. The molecule has 0 amide bonds. The molecule has 0 bridgehead atoms. The Labute approximate surface area is 129 Å². The van der Waals surface area contributed by atoms with Crippen LogP contribution in [0.5, 0.6) is 0 Å². The van der Waals surface area contributed by atoms with Crippen molar-refractivity contribution < 1.29 is 13.6 Å². The Morgan fingerprint density at radius 1 is 1.38 bits per heavy atom. The van der Waals surface area contributed by atoms with Gasteiger partial charge in [0.2, 0.25) is 10.0 Å². The van der Waals surface area contributed by atoms with E-state index >= 15 is 0 Å². The number of halogens is 1. The lowest BCUT2D eigenvalue weighted by Crippen LogP contribution is -2.47. The second-order valence-electron chi connectivity index (χ2n) is 5.38.